The molecular formula is C22H13Cl3N2O4. The highest BCUT2D eigenvalue weighted by molar-refractivity contribution is 6.44. The number of anilines is 1. The van der Waals surface area contributed by atoms with Gasteiger partial charge in [0.25, 0.3) is 5.91 Å². The van der Waals surface area contributed by atoms with Gasteiger partial charge in [-0.15, -0.1) is 0 Å². The maximum atomic E-state index is 12.8. The van der Waals surface area contributed by atoms with Gasteiger partial charge >= 0.3 is 5.97 Å². The lowest BCUT2D eigenvalue weighted by atomic mass is 10.1. The minimum atomic E-state index is -0.679. The molecule has 31 heavy (non-hydrogen) atoms. The van der Waals surface area contributed by atoms with E-state index in [1.807, 2.05) is 6.07 Å². The highest BCUT2D eigenvalue weighted by Crippen LogP contribution is 2.32. The number of rotatable bonds is 5. The Hall–Kier alpha value is -3.06. The molecule has 1 amide bonds. The average molecular weight is 476 g/mol. The van der Waals surface area contributed by atoms with E-state index in [0.717, 1.165) is 0 Å². The molecule has 0 fully saturated rings. The standard InChI is InChI=1S/C22H13Cl3N2O4/c23-14-9-16(25)18(10-15(14)24)27-21(28)11-31-22(29)13-8-19(20-6-3-7-30-20)26-17-5-2-1-4-12(13)17/h1-10H,11H2,(H,27,28). The Morgan fingerprint density at radius 3 is 2.52 bits per heavy atom. The number of hydrogen-bond acceptors (Lipinski definition) is 5. The molecule has 1 N–H and O–H groups in total. The zero-order valence-electron chi connectivity index (χ0n) is 15.7. The summed E-state index contributed by atoms with van der Waals surface area (Å²) in [6.45, 7) is -0.526. The minimum absolute atomic E-state index is 0.206. The van der Waals surface area contributed by atoms with Gasteiger partial charge in [-0.25, -0.2) is 9.78 Å². The number of furan rings is 1. The van der Waals surface area contributed by atoms with Crippen molar-refractivity contribution in [3.05, 3.63) is 81.5 Å². The van der Waals surface area contributed by atoms with Crippen LogP contribution in [0.25, 0.3) is 22.4 Å². The molecule has 0 unspecified atom stereocenters. The summed E-state index contributed by atoms with van der Waals surface area (Å²) in [6.07, 6.45) is 1.52. The van der Waals surface area contributed by atoms with Gasteiger partial charge < -0.3 is 14.5 Å². The van der Waals surface area contributed by atoms with Crippen LogP contribution in [0, 0.1) is 0 Å². The third-order valence-corrected chi connectivity index (χ3v) is 5.36. The Labute approximate surface area is 191 Å². The Morgan fingerprint density at radius 1 is 0.968 bits per heavy atom. The first kappa shape index (κ1) is 21.2. The summed E-state index contributed by atoms with van der Waals surface area (Å²) in [6, 6.07) is 15.0. The SMILES string of the molecule is O=C(COC(=O)c1cc(-c2ccco2)nc2ccccc12)Nc1cc(Cl)c(Cl)cc1Cl. The van der Waals surface area contributed by atoms with Crippen molar-refractivity contribution in [1.29, 1.82) is 0 Å². The zero-order valence-corrected chi connectivity index (χ0v) is 18.0. The highest BCUT2D eigenvalue weighted by Gasteiger charge is 2.18. The fourth-order valence-corrected chi connectivity index (χ4v) is 3.50. The Morgan fingerprint density at radius 2 is 1.74 bits per heavy atom. The van der Waals surface area contributed by atoms with Crippen LogP contribution < -0.4 is 5.32 Å². The first-order chi connectivity index (χ1) is 14.9. The number of carbonyl (C=O) groups excluding carboxylic acids is 2. The largest absolute Gasteiger partial charge is 0.463 e. The van der Waals surface area contributed by atoms with Crippen LogP contribution in [-0.2, 0) is 9.53 Å². The maximum absolute atomic E-state index is 12.8. The smallest absolute Gasteiger partial charge is 0.339 e. The molecular weight excluding hydrogens is 463 g/mol. The fraction of sp³-hybridized carbons (Fsp3) is 0.0455. The number of fused-ring (bicyclic) bond motifs is 1. The van der Waals surface area contributed by atoms with Crippen molar-refractivity contribution in [2.45, 2.75) is 0 Å². The molecule has 0 atom stereocenters. The van der Waals surface area contributed by atoms with Gasteiger partial charge in [-0.2, -0.15) is 0 Å². The Balaban J connectivity index is 1.53. The lowest BCUT2D eigenvalue weighted by Gasteiger charge is -2.11. The molecule has 4 aromatic rings. The van der Waals surface area contributed by atoms with Crippen LogP contribution in [0.1, 0.15) is 10.4 Å². The van der Waals surface area contributed by atoms with Crippen LogP contribution in [0.4, 0.5) is 5.69 Å². The number of hydrogen-bond donors (Lipinski definition) is 1. The number of nitrogens with zero attached hydrogens (tertiary/aromatic N) is 1. The van der Waals surface area contributed by atoms with Gasteiger partial charge in [-0.1, -0.05) is 53.0 Å². The van der Waals surface area contributed by atoms with Crippen LogP contribution in [0.2, 0.25) is 15.1 Å². The molecule has 2 heterocycles. The number of nitrogens with one attached hydrogen (secondary N) is 1. The normalized spacial score (nSPS) is 10.8. The molecule has 0 aliphatic carbocycles. The van der Waals surface area contributed by atoms with Crippen LogP contribution in [-0.4, -0.2) is 23.5 Å². The van der Waals surface area contributed by atoms with Crippen LogP contribution in [0.3, 0.4) is 0 Å². The van der Waals surface area contributed by atoms with E-state index in [9.17, 15) is 9.59 Å². The predicted octanol–water partition coefficient (Wildman–Crippen LogP) is 6.25. The number of esters is 1. The van der Waals surface area contributed by atoms with E-state index >= 15 is 0 Å². The van der Waals surface area contributed by atoms with Crippen molar-refractivity contribution < 1.29 is 18.7 Å². The van der Waals surface area contributed by atoms with Crippen molar-refractivity contribution in [1.82, 2.24) is 4.98 Å². The van der Waals surface area contributed by atoms with E-state index < -0.39 is 18.5 Å². The van der Waals surface area contributed by atoms with Gasteiger partial charge in [0.05, 0.1) is 38.1 Å². The van der Waals surface area contributed by atoms with Gasteiger partial charge in [0.15, 0.2) is 12.4 Å². The molecule has 6 nitrogen and oxygen atoms in total. The second-order valence-electron chi connectivity index (χ2n) is 6.42. The molecule has 0 bridgehead atoms. The van der Waals surface area contributed by atoms with E-state index in [1.54, 1.807) is 36.4 Å². The van der Waals surface area contributed by atoms with E-state index in [4.69, 9.17) is 44.0 Å². The minimum Gasteiger partial charge on any atom is -0.463 e. The summed E-state index contributed by atoms with van der Waals surface area (Å²) in [5, 5.41) is 3.82. The first-order valence-corrected chi connectivity index (χ1v) is 10.1. The number of pyridine rings is 1. The Kier molecular flexibility index (Phi) is 6.13. The van der Waals surface area contributed by atoms with Gasteiger partial charge in [-0.05, 0) is 36.4 Å². The third-order valence-electron chi connectivity index (χ3n) is 4.33. The molecule has 0 spiro atoms. The van der Waals surface area contributed by atoms with Gasteiger partial charge in [0.1, 0.15) is 5.69 Å². The molecule has 0 aliphatic rings. The van der Waals surface area contributed by atoms with E-state index in [1.165, 1.54) is 18.4 Å². The Bertz CT molecular complexity index is 1290. The van der Waals surface area contributed by atoms with Crippen molar-refractivity contribution >= 4 is 63.3 Å². The third kappa shape index (κ3) is 4.66. The number of para-hydroxylation sites is 1. The van der Waals surface area contributed by atoms with E-state index in [0.29, 0.717) is 22.4 Å². The molecule has 0 radical (unpaired) electrons. The second-order valence-corrected chi connectivity index (χ2v) is 7.64. The predicted molar refractivity (Wildman–Crippen MR) is 120 cm³/mol. The molecule has 2 aromatic carbocycles. The fourth-order valence-electron chi connectivity index (χ4n) is 2.91. The lowest BCUT2D eigenvalue weighted by Crippen LogP contribution is -2.21. The molecule has 2 aromatic heterocycles. The van der Waals surface area contributed by atoms with Crippen LogP contribution >= 0.6 is 34.8 Å². The molecule has 4 rings (SSSR count). The summed E-state index contributed by atoms with van der Waals surface area (Å²) in [5.41, 5.74) is 1.59. The van der Waals surface area contributed by atoms with E-state index in [2.05, 4.69) is 10.3 Å². The van der Waals surface area contributed by atoms with Gasteiger partial charge in [-0.3, -0.25) is 4.79 Å². The molecule has 0 saturated heterocycles. The van der Waals surface area contributed by atoms with Crippen LogP contribution in [0.15, 0.2) is 65.3 Å². The first-order valence-electron chi connectivity index (χ1n) is 8.97. The average Bonchev–Trinajstić information content (AvgIpc) is 3.30. The summed E-state index contributed by atoms with van der Waals surface area (Å²) >= 11 is 17.9. The highest BCUT2D eigenvalue weighted by atomic mass is 35.5. The van der Waals surface area contributed by atoms with Crippen molar-refractivity contribution in [3.8, 4) is 11.5 Å². The summed E-state index contributed by atoms with van der Waals surface area (Å²) in [4.78, 5) is 29.6. The summed E-state index contributed by atoms with van der Waals surface area (Å²) < 4.78 is 10.6. The van der Waals surface area contributed by atoms with Crippen molar-refractivity contribution in [2.24, 2.45) is 0 Å². The topological polar surface area (TPSA) is 81.4 Å². The number of amides is 1. The monoisotopic (exact) mass is 474 g/mol. The maximum Gasteiger partial charge on any atom is 0.339 e. The summed E-state index contributed by atoms with van der Waals surface area (Å²) in [7, 11) is 0. The van der Waals surface area contributed by atoms with E-state index in [-0.39, 0.29) is 26.3 Å². The van der Waals surface area contributed by atoms with Gasteiger partial charge in [0.2, 0.25) is 0 Å². The second kappa shape index (κ2) is 8.98. The molecule has 9 heteroatoms. The number of benzene rings is 2. The molecule has 156 valence electrons. The van der Waals surface area contributed by atoms with Crippen LogP contribution in [0.5, 0.6) is 0 Å². The molecule has 0 aliphatic heterocycles. The zero-order chi connectivity index (χ0) is 22.0. The molecule has 0 saturated carbocycles. The van der Waals surface area contributed by atoms with Crippen molar-refractivity contribution in [2.75, 3.05) is 11.9 Å². The number of halogens is 3. The summed E-state index contributed by atoms with van der Waals surface area (Å²) in [5.74, 6) is -0.758. The van der Waals surface area contributed by atoms with Gasteiger partial charge in [0, 0.05) is 5.39 Å². The lowest BCUT2D eigenvalue weighted by molar-refractivity contribution is -0.119. The number of ether oxygens (including phenoxy) is 1. The number of carbonyl (C=O) groups is 2. The number of aromatic nitrogens is 1. The van der Waals surface area contributed by atoms with Crippen molar-refractivity contribution in [3.63, 3.8) is 0 Å². The quantitative estimate of drug-likeness (QED) is 0.272.